The van der Waals surface area contributed by atoms with E-state index < -0.39 is 59.3 Å². The van der Waals surface area contributed by atoms with E-state index in [9.17, 15) is 46.6 Å². The summed E-state index contributed by atoms with van der Waals surface area (Å²) in [6.07, 6.45) is 3.52. The third-order valence-electron chi connectivity index (χ3n) is 11.3. The lowest BCUT2D eigenvalue weighted by Crippen LogP contribution is -2.45. The van der Waals surface area contributed by atoms with Crippen LogP contribution in [-0.4, -0.2) is 86.0 Å². The summed E-state index contributed by atoms with van der Waals surface area (Å²) in [4.78, 5) is 66.7. The lowest BCUT2D eigenvalue weighted by atomic mass is 9.77. The van der Waals surface area contributed by atoms with Gasteiger partial charge in [0.1, 0.15) is 11.8 Å². The van der Waals surface area contributed by atoms with E-state index in [0.717, 1.165) is 35.1 Å². The number of carbonyl (C=O) groups is 5. The number of carbonyl (C=O) groups excluding carboxylic acids is 4. The molecule has 0 bridgehead atoms. The van der Waals surface area contributed by atoms with Gasteiger partial charge in [0.05, 0.1) is 12.6 Å². The summed E-state index contributed by atoms with van der Waals surface area (Å²) in [5, 5.41) is 31.3. The molecule has 1 aliphatic carbocycles. The number of hydrogen-bond donors (Lipinski definition) is 7. The zero-order valence-electron chi connectivity index (χ0n) is 32.5. The van der Waals surface area contributed by atoms with E-state index in [1.165, 1.54) is 24.3 Å². The van der Waals surface area contributed by atoms with E-state index >= 15 is 0 Å². The van der Waals surface area contributed by atoms with Crippen LogP contribution in [0, 0.1) is 24.7 Å². The second-order valence-corrected chi connectivity index (χ2v) is 15.4. The average Bonchev–Trinajstić information content (AvgIpc) is 3.88. The predicted octanol–water partition coefficient (Wildman–Crippen LogP) is 4.76. The fourth-order valence-corrected chi connectivity index (χ4v) is 7.62. The van der Waals surface area contributed by atoms with Crippen molar-refractivity contribution in [2.24, 2.45) is 23.5 Å². The molecule has 2 heterocycles. The number of hydrogen-bond acceptors (Lipinski definition) is 9. The molecule has 318 valence electrons. The molecule has 3 atom stereocenters. The molecule has 14 nitrogen and oxygen atoms in total. The number of nitrogens with two attached hydrogens (primary N) is 1. The zero-order chi connectivity index (χ0) is 43.4. The highest BCUT2D eigenvalue weighted by atomic mass is 19.3. The van der Waals surface area contributed by atoms with Crippen LogP contribution in [0.1, 0.15) is 65.8 Å². The number of aromatic amines is 1. The molecule has 2 aliphatic rings. The van der Waals surface area contributed by atoms with E-state index in [2.05, 4.69) is 26.0 Å². The summed E-state index contributed by atoms with van der Waals surface area (Å²) in [7, 11) is 0. The van der Waals surface area contributed by atoms with Crippen molar-refractivity contribution in [1.29, 1.82) is 0 Å². The van der Waals surface area contributed by atoms with Gasteiger partial charge in [0, 0.05) is 35.1 Å². The minimum Gasteiger partial charge on any atom is -0.477 e. The van der Waals surface area contributed by atoms with E-state index in [1.54, 1.807) is 23.3 Å². The Bertz CT molecular complexity index is 2230. The number of nitrogens with one attached hydrogen (secondary N) is 4. The number of aliphatic carboxylic acids is 1. The van der Waals surface area contributed by atoms with Crippen molar-refractivity contribution in [3.63, 3.8) is 0 Å². The summed E-state index contributed by atoms with van der Waals surface area (Å²) >= 11 is 0. The first-order valence-electron chi connectivity index (χ1n) is 19.5. The molecule has 1 saturated heterocycles. The number of carboxylic acids is 1. The highest BCUT2D eigenvalue weighted by molar-refractivity contribution is 5.99. The Labute approximate surface area is 341 Å². The van der Waals surface area contributed by atoms with Crippen LogP contribution in [0.4, 0.5) is 23.2 Å². The van der Waals surface area contributed by atoms with Crippen molar-refractivity contribution in [3.05, 3.63) is 89.2 Å². The first-order chi connectivity index (χ1) is 28.5. The molecule has 1 aromatic heterocycles. The number of rotatable bonds is 16. The van der Waals surface area contributed by atoms with E-state index in [4.69, 9.17) is 10.8 Å². The van der Waals surface area contributed by atoms with Gasteiger partial charge in [-0.25, -0.2) is 9.78 Å². The summed E-state index contributed by atoms with van der Waals surface area (Å²) in [6.45, 7) is 2.19. The van der Waals surface area contributed by atoms with Crippen LogP contribution < -0.4 is 21.7 Å². The molecule has 2 fully saturated rings. The van der Waals surface area contributed by atoms with E-state index in [0.29, 0.717) is 30.9 Å². The molecule has 0 unspecified atom stereocenters. The highest BCUT2D eigenvalue weighted by Crippen LogP contribution is 2.42. The minimum atomic E-state index is -5.45. The normalized spacial score (nSPS) is 19.9. The SMILES string of the molecule is Cc1cc(C(=O)N[C@@H]2C[C@@H](CO)NC2=O)ccc1-c1ccc(C[C@H](CC(=O)C2CCC(CN)CC2)C(=O)Nc2ccc(-c3n[nH]c(C(F)(F)C(F)(F)C(=O)O)n3)cc2)cc1. The minimum absolute atomic E-state index is 0.0232. The third kappa shape index (κ3) is 9.55. The molecule has 0 radical (unpaired) electrons. The smallest absolute Gasteiger partial charge is 0.411 e. The van der Waals surface area contributed by atoms with E-state index in [1.807, 2.05) is 31.2 Å². The fraction of sp³-hybridized carbons (Fsp3) is 0.405. The molecule has 8 N–H and O–H groups in total. The van der Waals surface area contributed by atoms with Gasteiger partial charge in [-0.1, -0.05) is 30.3 Å². The van der Waals surface area contributed by atoms with Crippen LogP contribution in [0.25, 0.3) is 22.5 Å². The Kier molecular flexibility index (Phi) is 13.1. The van der Waals surface area contributed by atoms with Crippen molar-refractivity contribution < 1.29 is 51.7 Å². The molecular weight excluding hydrogens is 790 g/mol. The van der Waals surface area contributed by atoms with Gasteiger partial charge in [-0.3, -0.25) is 24.3 Å². The number of anilines is 1. The maximum Gasteiger partial charge on any atom is 0.411 e. The van der Waals surface area contributed by atoms with Crippen LogP contribution in [0.5, 0.6) is 0 Å². The number of aliphatic hydroxyl groups is 1. The quantitative estimate of drug-likeness (QED) is 0.0766. The first kappa shape index (κ1) is 43.6. The van der Waals surface area contributed by atoms with Crippen LogP contribution in [0.2, 0.25) is 0 Å². The number of aromatic nitrogens is 3. The summed E-state index contributed by atoms with van der Waals surface area (Å²) < 4.78 is 55.9. The van der Waals surface area contributed by atoms with E-state index in [-0.39, 0.29) is 54.7 Å². The number of aryl methyl sites for hydroxylation is 1. The highest BCUT2D eigenvalue weighted by Gasteiger charge is 2.65. The standard InChI is InChI=1S/C42H45F4N7O7/c1-22-16-28(36(56)50-33-19-31(21-54)49-38(33)58)12-15-32(22)25-6-2-23(3-7-25)17-29(18-34(55)26-8-4-24(20-47)5-9-26)37(57)48-30-13-10-27(11-14-30)35-51-39(53-52-35)41(43,44)42(45,46)40(59)60/h2-3,6-7,10-16,24,26,29,31,33,54H,4-5,8-9,17-21,47H2,1H3,(H,48,57)(H,49,58)(H,50,56)(H,59,60)(H,51,52,53)/t24?,26?,29-,31+,33-/m1/s1. The van der Waals surface area contributed by atoms with Gasteiger partial charge in [0.15, 0.2) is 5.82 Å². The Morgan fingerprint density at radius 2 is 1.62 bits per heavy atom. The van der Waals surface area contributed by atoms with Gasteiger partial charge in [-0.15, -0.1) is 0 Å². The second-order valence-electron chi connectivity index (χ2n) is 15.4. The van der Waals surface area contributed by atoms with Crippen molar-refractivity contribution in [2.45, 2.75) is 75.8 Å². The number of alkyl halides is 4. The number of aliphatic hydroxyl groups excluding tert-OH is 1. The number of carboxylic acid groups (broad SMARTS) is 1. The van der Waals surface area contributed by atoms with Crippen molar-refractivity contribution in [2.75, 3.05) is 18.5 Å². The number of Topliss-reactive ketones (excluding diaryl/α,β-unsaturated/α-hetero) is 1. The molecule has 0 spiro atoms. The summed E-state index contributed by atoms with van der Waals surface area (Å²) in [6, 6.07) is 17.1. The first-order valence-corrected chi connectivity index (χ1v) is 19.5. The number of nitrogens with zero attached hydrogens (tertiary/aromatic N) is 2. The monoisotopic (exact) mass is 835 g/mol. The molecule has 1 saturated carbocycles. The number of H-pyrrole nitrogens is 1. The fourth-order valence-electron chi connectivity index (χ4n) is 7.62. The maximum absolute atomic E-state index is 14.3. The van der Waals surface area contributed by atoms with Crippen molar-refractivity contribution >= 4 is 35.2 Å². The Morgan fingerprint density at radius 1 is 0.950 bits per heavy atom. The lowest BCUT2D eigenvalue weighted by Gasteiger charge is -2.27. The van der Waals surface area contributed by atoms with Crippen LogP contribution in [-0.2, 0) is 31.5 Å². The molecular formula is C42H45F4N7O7. The molecule has 1 aliphatic heterocycles. The molecule has 3 amide bonds. The van der Waals surface area contributed by atoms with Crippen molar-refractivity contribution in [3.8, 4) is 22.5 Å². The topological polar surface area (TPSA) is 229 Å². The molecule has 4 aromatic rings. The Hall–Kier alpha value is -6.01. The molecule has 60 heavy (non-hydrogen) atoms. The van der Waals surface area contributed by atoms with Crippen LogP contribution >= 0.6 is 0 Å². The Balaban J connectivity index is 1.15. The van der Waals surface area contributed by atoms with Crippen molar-refractivity contribution in [1.82, 2.24) is 25.8 Å². The number of halogens is 4. The zero-order valence-corrected chi connectivity index (χ0v) is 32.5. The van der Waals surface area contributed by atoms with Gasteiger partial charge < -0.3 is 31.9 Å². The van der Waals surface area contributed by atoms with Crippen LogP contribution in [0.15, 0.2) is 66.7 Å². The lowest BCUT2D eigenvalue weighted by molar-refractivity contribution is -0.231. The van der Waals surface area contributed by atoms with Gasteiger partial charge in [-0.2, -0.15) is 22.7 Å². The van der Waals surface area contributed by atoms with Gasteiger partial charge in [-0.05, 0) is 117 Å². The van der Waals surface area contributed by atoms with Gasteiger partial charge in [0.25, 0.3) is 5.91 Å². The second kappa shape index (κ2) is 18.1. The average molecular weight is 836 g/mol. The van der Waals surface area contributed by atoms with Gasteiger partial charge in [0.2, 0.25) is 17.6 Å². The largest absolute Gasteiger partial charge is 0.477 e. The molecule has 6 rings (SSSR count). The maximum atomic E-state index is 14.3. The third-order valence-corrected chi connectivity index (χ3v) is 11.3. The van der Waals surface area contributed by atoms with Crippen LogP contribution in [0.3, 0.4) is 0 Å². The number of ketones is 1. The van der Waals surface area contributed by atoms with Gasteiger partial charge >= 0.3 is 17.8 Å². The Morgan fingerprint density at radius 3 is 2.22 bits per heavy atom. The predicted molar refractivity (Wildman–Crippen MR) is 210 cm³/mol. The summed E-state index contributed by atoms with van der Waals surface area (Å²) in [5.74, 6) is -17.6. The summed E-state index contributed by atoms with van der Waals surface area (Å²) in [5.41, 5.74) is 9.89. The molecule has 18 heteroatoms. The molecule has 3 aromatic carbocycles. The number of benzene rings is 3. The number of amides is 3.